The molecule has 1 N–H and O–H groups in total. The Balaban J connectivity index is 1.96. The first-order valence-electron chi connectivity index (χ1n) is 6.47. The van der Waals surface area contributed by atoms with E-state index < -0.39 is 5.82 Å². The van der Waals surface area contributed by atoms with Crippen molar-refractivity contribution in [3.63, 3.8) is 0 Å². The minimum absolute atomic E-state index is 0.129. The average Bonchev–Trinajstić information content (AvgIpc) is 2.48. The Morgan fingerprint density at radius 2 is 2.05 bits per heavy atom. The van der Waals surface area contributed by atoms with Gasteiger partial charge in [0.2, 0.25) is 5.91 Å². The SMILES string of the molecule is COc1ccccc1CCC(=O)Nc1ccc(Cl)cc1F. The Hall–Kier alpha value is -2.07. The molecular weight excluding hydrogens is 293 g/mol. The molecule has 0 saturated heterocycles. The van der Waals surface area contributed by atoms with Gasteiger partial charge < -0.3 is 10.1 Å². The van der Waals surface area contributed by atoms with Crippen molar-refractivity contribution in [3.8, 4) is 5.75 Å². The van der Waals surface area contributed by atoms with Crippen molar-refractivity contribution in [1.29, 1.82) is 0 Å². The molecule has 0 unspecified atom stereocenters. The number of hydrogen-bond donors (Lipinski definition) is 1. The summed E-state index contributed by atoms with van der Waals surface area (Å²) >= 11 is 5.66. The number of hydrogen-bond acceptors (Lipinski definition) is 2. The quantitative estimate of drug-likeness (QED) is 0.904. The second-order valence-electron chi connectivity index (χ2n) is 4.48. The molecule has 0 aliphatic heterocycles. The number of carbonyl (C=O) groups is 1. The van der Waals surface area contributed by atoms with Crippen molar-refractivity contribution < 1.29 is 13.9 Å². The maximum absolute atomic E-state index is 13.6. The van der Waals surface area contributed by atoms with E-state index in [1.807, 2.05) is 24.3 Å². The van der Waals surface area contributed by atoms with E-state index in [0.717, 1.165) is 17.4 Å². The van der Waals surface area contributed by atoms with E-state index in [0.29, 0.717) is 11.4 Å². The summed E-state index contributed by atoms with van der Waals surface area (Å²) in [5.41, 5.74) is 1.07. The van der Waals surface area contributed by atoms with E-state index >= 15 is 0 Å². The predicted molar refractivity (Wildman–Crippen MR) is 81.4 cm³/mol. The number of nitrogens with one attached hydrogen (secondary N) is 1. The van der Waals surface area contributed by atoms with Crippen molar-refractivity contribution in [2.45, 2.75) is 12.8 Å². The Morgan fingerprint density at radius 1 is 1.29 bits per heavy atom. The molecule has 5 heteroatoms. The number of methoxy groups -OCH3 is 1. The number of ether oxygens (including phenoxy) is 1. The monoisotopic (exact) mass is 307 g/mol. The molecule has 110 valence electrons. The maximum atomic E-state index is 13.6. The van der Waals surface area contributed by atoms with Crippen molar-refractivity contribution in [2.75, 3.05) is 12.4 Å². The first-order chi connectivity index (χ1) is 10.1. The van der Waals surface area contributed by atoms with Crippen LogP contribution in [0.25, 0.3) is 0 Å². The number of anilines is 1. The van der Waals surface area contributed by atoms with Crippen LogP contribution in [0.1, 0.15) is 12.0 Å². The van der Waals surface area contributed by atoms with Crippen LogP contribution in [0.2, 0.25) is 5.02 Å². The number of carbonyl (C=O) groups excluding carboxylic acids is 1. The molecule has 0 fully saturated rings. The maximum Gasteiger partial charge on any atom is 0.224 e. The summed E-state index contributed by atoms with van der Waals surface area (Å²) in [4.78, 5) is 11.9. The zero-order valence-corrected chi connectivity index (χ0v) is 12.3. The van der Waals surface area contributed by atoms with Crippen molar-refractivity contribution in [1.82, 2.24) is 0 Å². The Kier molecular flexibility index (Phi) is 5.17. The lowest BCUT2D eigenvalue weighted by Gasteiger charge is -2.09. The first kappa shape index (κ1) is 15.3. The van der Waals surface area contributed by atoms with Gasteiger partial charge in [-0.25, -0.2) is 4.39 Å². The van der Waals surface area contributed by atoms with Gasteiger partial charge >= 0.3 is 0 Å². The number of amides is 1. The molecule has 0 aromatic heterocycles. The number of para-hydroxylation sites is 1. The van der Waals surface area contributed by atoms with Crippen LogP contribution in [0.15, 0.2) is 42.5 Å². The molecule has 2 rings (SSSR count). The third-order valence-corrected chi connectivity index (χ3v) is 3.25. The van der Waals surface area contributed by atoms with Gasteiger partial charge in [-0.2, -0.15) is 0 Å². The van der Waals surface area contributed by atoms with Gasteiger partial charge in [0.25, 0.3) is 0 Å². The summed E-state index contributed by atoms with van der Waals surface area (Å²) in [6.07, 6.45) is 0.757. The molecule has 2 aromatic rings. The van der Waals surface area contributed by atoms with Crippen LogP contribution in [-0.4, -0.2) is 13.0 Å². The van der Waals surface area contributed by atoms with Gasteiger partial charge in [-0.05, 0) is 36.2 Å². The molecule has 0 atom stereocenters. The summed E-state index contributed by atoms with van der Waals surface area (Å²) in [5.74, 6) is -0.0711. The zero-order valence-electron chi connectivity index (χ0n) is 11.5. The molecule has 0 bridgehead atoms. The molecule has 0 aliphatic rings. The third-order valence-electron chi connectivity index (χ3n) is 3.02. The zero-order chi connectivity index (χ0) is 15.2. The Labute approximate surface area is 127 Å². The molecule has 0 heterocycles. The molecule has 3 nitrogen and oxygen atoms in total. The summed E-state index contributed by atoms with van der Waals surface area (Å²) in [6, 6.07) is 11.6. The summed E-state index contributed by atoms with van der Waals surface area (Å²) in [6.45, 7) is 0. The fourth-order valence-electron chi connectivity index (χ4n) is 1.96. The smallest absolute Gasteiger partial charge is 0.224 e. The van der Waals surface area contributed by atoms with Gasteiger partial charge in [-0.1, -0.05) is 29.8 Å². The average molecular weight is 308 g/mol. The van der Waals surface area contributed by atoms with E-state index in [9.17, 15) is 9.18 Å². The van der Waals surface area contributed by atoms with Crippen LogP contribution >= 0.6 is 11.6 Å². The van der Waals surface area contributed by atoms with E-state index in [1.165, 1.54) is 12.1 Å². The van der Waals surface area contributed by atoms with Gasteiger partial charge in [0.05, 0.1) is 12.8 Å². The van der Waals surface area contributed by atoms with Gasteiger partial charge in [0.1, 0.15) is 11.6 Å². The highest BCUT2D eigenvalue weighted by molar-refractivity contribution is 6.30. The highest BCUT2D eigenvalue weighted by Crippen LogP contribution is 2.21. The number of rotatable bonds is 5. The molecule has 21 heavy (non-hydrogen) atoms. The van der Waals surface area contributed by atoms with Gasteiger partial charge in [0.15, 0.2) is 0 Å². The van der Waals surface area contributed by atoms with E-state index in [2.05, 4.69) is 5.32 Å². The second-order valence-corrected chi connectivity index (χ2v) is 4.92. The van der Waals surface area contributed by atoms with Crippen LogP contribution in [0.5, 0.6) is 5.75 Å². The van der Waals surface area contributed by atoms with Crippen LogP contribution in [0.4, 0.5) is 10.1 Å². The Morgan fingerprint density at radius 3 is 2.76 bits per heavy atom. The standard InChI is InChI=1S/C16H15ClFNO2/c1-21-15-5-3-2-4-11(15)6-9-16(20)19-14-8-7-12(17)10-13(14)18/h2-5,7-8,10H,6,9H2,1H3,(H,19,20). The lowest BCUT2D eigenvalue weighted by atomic mass is 10.1. The van der Waals surface area contributed by atoms with Crippen molar-refractivity contribution in [3.05, 3.63) is 58.9 Å². The topological polar surface area (TPSA) is 38.3 Å². The van der Waals surface area contributed by atoms with E-state index in [-0.39, 0.29) is 18.0 Å². The largest absolute Gasteiger partial charge is 0.496 e. The summed E-state index contributed by atoms with van der Waals surface area (Å²) in [7, 11) is 1.59. The lowest BCUT2D eigenvalue weighted by molar-refractivity contribution is -0.116. The first-order valence-corrected chi connectivity index (χ1v) is 6.84. The minimum atomic E-state index is -0.548. The molecular formula is C16H15ClFNO2. The van der Waals surface area contributed by atoms with Crippen molar-refractivity contribution in [2.24, 2.45) is 0 Å². The number of halogens is 2. The third kappa shape index (κ3) is 4.20. The minimum Gasteiger partial charge on any atom is -0.496 e. The number of benzene rings is 2. The fourth-order valence-corrected chi connectivity index (χ4v) is 2.12. The van der Waals surface area contributed by atoms with Crippen LogP contribution in [-0.2, 0) is 11.2 Å². The van der Waals surface area contributed by atoms with Gasteiger partial charge in [-0.15, -0.1) is 0 Å². The number of aryl methyl sites for hydroxylation is 1. The highest BCUT2D eigenvalue weighted by atomic mass is 35.5. The fraction of sp³-hybridized carbons (Fsp3) is 0.188. The van der Waals surface area contributed by atoms with Gasteiger partial charge in [-0.3, -0.25) is 4.79 Å². The molecule has 1 amide bonds. The highest BCUT2D eigenvalue weighted by Gasteiger charge is 2.09. The second kappa shape index (κ2) is 7.09. The lowest BCUT2D eigenvalue weighted by Crippen LogP contribution is -2.13. The van der Waals surface area contributed by atoms with Crippen LogP contribution < -0.4 is 10.1 Å². The summed E-state index contributed by atoms with van der Waals surface area (Å²) < 4.78 is 18.8. The summed E-state index contributed by atoms with van der Waals surface area (Å²) in [5, 5.41) is 2.82. The van der Waals surface area contributed by atoms with Crippen molar-refractivity contribution >= 4 is 23.2 Å². The van der Waals surface area contributed by atoms with Crippen LogP contribution in [0, 0.1) is 5.82 Å². The molecule has 0 aliphatic carbocycles. The molecule has 0 spiro atoms. The predicted octanol–water partition coefficient (Wildman–Crippen LogP) is 4.06. The molecule has 2 aromatic carbocycles. The van der Waals surface area contributed by atoms with Crippen LogP contribution in [0.3, 0.4) is 0 Å². The van der Waals surface area contributed by atoms with E-state index in [4.69, 9.17) is 16.3 Å². The Bertz CT molecular complexity index is 646. The normalized spacial score (nSPS) is 10.2. The van der Waals surface area contributed by atoms with E-state index in [1.54, 1.807) is 7.11 Å². The van der Waals surface area contributed by atoms with Gasteiger partial charge in [0, 0.05) is 11.4 Å². The molecule has 0 saturated carbocycles. The molecule has 0 radical (unpaired) electrons.